The van der Waals surface area contributed by atoms with Crippen molar-refractivity contribution in [2.75, 3.05) is 23.5 Å². The molecule has 0 aliphatic rings. The molecule has 2 aromatic rings. The Balaban J connectivity index is 1.81. The molecule has 140 valence electrons. The minimum absolute atomic E-state index is 0.168. The van der Waals surface area contributed by atoms with E-state index >= 15 is 0 Å². The molecule has 3 amide bonds. The molecular weight excluding hydrogens is 374 g/mol. The zero-order valence-corrected chi connectivity index (χ0v) is 16.6. The summed E-state index contributed by atoms with van der Waals surface area (Å²) in [7, 11) is 1.57. The fourth-order valence-corrected chi connectivity index (χ4v) is 3.36. The third-order valence-electron chi connectivity index (χ3n) is 2.80. The fraction of sp³-hybridized carbons (Fsp3) is 0.375. The van der Waals surface area contributed by atoms with E-state index in [-0.39, 0.29) is 23.2 Å². The normalized spacial score (nSPS) is 10.9. The van der Waals surface area contributed by atoms with Gasteiger partial charge in [0.25, 0.3) is 0 Å². The number of nitrogens with one attached hydrogen (secondary N) is 3. The topological polar surface area (TPSA) is 105 Å². The van der Waals surface area contributed by atoms with Crippen LogP contribution in [0.25, 0.3) is 0 Å². The first-order valence-corrected chi connectivity index (χ1v) is 9.55. The van der Waals surface area contributed by atoms with Crippen LogP contribution in [0.1, 0.15) is 20.8 Å². The number of benzene rings is 1. The van der Waals surface area contributed by atoms with E-state index in [9.17, 15) is 9.59 Å². The molecule has 0 spiro atoms. The van der Waals surface area contributed by atoms with Gasteiger partial charge < -0.3 is 15.4 Å². The van der Waals surface area contributed by atoms with E-state index in [1.54, 1.807) is 31.4 Å². The molecule has 0 unspecified atom stereocenters. The molecule has 0 aliphatic heterocycles. The van der Waals surface area contributed by atoms with Gasteiger partial charge in [-0.1, -0.05) is 29.2 Å². The predicted octanol–water partition coefficient (Wildman–Crippen LogP) is 3.20. The largest absolute Gasteiger partial charge is 0.497 e. The Bertz CT molecular complexity index is 773. The van der Waals surface area contributed by atoms with Crippen LogP contribution in [0.2, 0.25) is 0 Å². The molecule has 0 bridgehead atoms. The number of methoxy groups -OCH3 is 1. The highest BCUT2D eigenvalue weighted by Gasteiger charge is 2.15. The number of nitrogens with zero attached hydrogens (tertiary/aromatic N) is 2. The lowest BCUT2D eigenvalue weighted by molar-refractivity contribution is -0.113. The van der Waals surface area contributed by atoms with Gasteiger partial charge in [0.15, 0.2) is 4.34 Å². The quantitative estimate of drug-likeness (QED) is 0.512. The van der Waals surface area contributed by atoms with Gasteiger partial charge in [-0.2, -0.15) is 0 Å². The second-order valence-electron chi connectivity index (χ2n) is 6.27. The first-order chi connectivity index (χ1) is 12.2. The van der Waals surface area contributed by atoms with E-state index in [4.69, 9.17) is 4.74 Å². The number of amides is 3. The van der Waals surface area contributed by atoms with Crippen molar-refractivity contribution >= 4 is 45.9 Å². The van der Waals surface area contributed by atoms with Gasteiger partial charge in [-0.05, 0) is 32.9 Å². The summed E-state index contributed by atoms with van der Waals surface area (Å²) in [5.74, 6) is 0.683. The van der Waals surface area contributed by atoms with Crippen LogP contribution in [0, 0.1) is 0 Å². The van der Waals surface area contributed by atoms with Gasteiger partial charge in [0.1, 0.15) is 5.75 Å². The van der Waals surface area contributed by atoms with Crippen molar-refractivity contribution in [3.63, 3.8) is 0 Å². The molecule has 0 fully saturated rings. The highest BCUT2D eigenvalue weighted by atomic mass is 32.2. The number of aromatic nitrogens is 2. The van der Waals surface area contributed by atoms with Gasteiger partial charge in [0.2, 0.25) is 11.0 Å². The third kappa shape index (κ3) is 6.89. The first kappa shape index (κ1) is 20.0. The molecule has 8 nitrogen and oxygen atoms in total. The van der Waals surface area contributed by atoms with Crippen molar-refractivity contribution < 1.29 is 14.3 Å². The van der Waals surface area contributed by atoms with Crippen molar-refractivity contribution in [2.45, 2.75) is 30.6 Å². The Morgan fingerprint density at radius 1 is 1.23 bits per heavy atom. The molecule has 1 aromatic carbocycles. The van der Waals surface area contributed by atoms with Crippen molar-refractivity contribution in [1.29, 1.82) is 0 Å². The van der Waals surface area contributed by atoms with Crippen molar-refractivity contribution in [2.24, 2.45) is 0 Å². The van der Waals surface area contributed by atoms with E-state index in [0.717, 1.165) is 0 Å². The molecule has 0 atom stereocenters. The van der Waals surface area contributed by atoms with Crippen LogP contribution < -0.4 is 20.7 Å². The molecule has 0 saturated heterocycles. The highest BCUT2D eigenvalue weighted by Crippen LogP contribution is 2.26. The molecule has 3 N–H and O–H groups in total. The van der Waals surface area contributed by atoms with Crippen molar-refractivity contribution in [3.05, 3.63) is 24.3 Å². The van der Waals surface area contributed by atoms with Crippen LogP contribution in [0.4, 0.5) is 15.6 Å². The van der Waals surface area contributed by atoms with E-state index in [1.807, 2.05) is 20.8 Å². The SMILES string of the molecule is COc1cccc(NC(=O)CSc2nnc(NC(=O)NC(C)(C)C)s2)c1. The summed E-state index contributed by atoms with van der Waals surface area (Å²) in [5, 5.41) is 16.4. The average Bonchev–Trinajstić information content (AvgIpc) is 2.98. The summed E-state index contributed by atoms with van der Waals surface area (Å²) in [6.45, 7) is 5.65. The molecule has 1 aromatic heterocycles. The van der Waals surface area contributed by atoms with Crippen LogP contribution in [0.3, 0.4) is 0 Å². The zero-order chi connectivity index (χ0) is 19.2. The second-order valence-corrected chi connectivity index (χ2v) is 8.47. The van der Waals surface area contributed by atoms with Gasteiger partial charge in [-0.3, -0.25) is 10.1 Å². The average molecular weight is 396 g/mol. The minimum atomic E-state index is -0.346. The van der Waals surface area contributed by atoms with Crippen LogP contribution in [-0.4, -0.2) is 40.5 Å². The van der Waals surface area contributed by atoms with Crippen LogP contribution in [0.5, 0.6) is 5.75 Å². The van der Waals surface area contributed by atoms with Gasteiger partial charge in [0.05, 0.1) is 12.9 Å². The molecule has 2 rings (SSSR count). The molecule has 10 heteroatoms. The maximum absolute atomic E-state index is 12.0. The minimum Gasteiger partial charge on any atom is -0.497 e. The van der Waals surface area contributed by atoms with E-state index < -0.39 is 0 Å². The first-order valence-electron chi connectivity index (χ1n) is 7.74. The van der Waals surface area contributed by atoms with Crippen molar-refractivity contribution in [3.8, 4) is 5.75 Å². The lowest BCUT2D eigenvalue weighted by Gasteiger charge is -2.19. The number of urea groups is 1. The second kappa shape index (κ2) is 8.86. The summed E-state index contributed by atoms with van der Waals surface area (Å²) < 4.78 is 5.71. The van der Waals surface area contributed by atoms with Crippen LogP contribution in [0.15, 0.2) is 28.6 Å². The van der Waals surface area contributed by atoms with Gasteiger partial charge in [0, 0.05) is 17.3 Å². The molecule has 0 aliphatic carbocycles. The lowest BCUT2D eigenvalue weighted by atomic mass is 10.1. The highest BCUT2D eigenvalue weighted by molar-refractivity contribution is 8.01. The number of anilines is 2. The smallest absolute Gasteiger partial charge is 0.321 e. The Morgan fingerprint density at radius 3 is 2.69 bits per heavy atom. The number of carbonyl (C=O) groups is 2. The number of carbonyl (C=O) groups excluding carboxylic acids is 2. The maximum atomic E-state index is 12.0. The summed E-state index contributed by atoms with van der Waals surface area (Å²) >= 11 is 2.46. The summed E-state index contributed by atoms with van der Waals surface area (Å²) in [5.41, 5.74) is 0.318. The molecule has 0 radical (unpaired) electrons. The Hall–Kier alpha value is -2.33. The number of thioether (sulfide) groups is 1. The molecule has 1 heterocycles. The Morgan fingerprint density at radius 2 is 2.00 bits per heavy atom. The van der Waals surface area contributed by atoms with E-state index in [2.05, 4.69) is 26.1 Å². The molecule has 0 saturated carbocycles. The lowest BCUT2D eigenvalue weighted by Crippen LogP contribution is -2.43. The maximum Gasteiger partial charge on any atom is 0.321 e. The van der Waals surface area contributed by atoms with Gasteiger partial charge in [-0.15, -0.1) is 10.2 Å². The Labute approximate surface area is 160 Å². The van der Waals surface area contributed by atoms with Crippen molar-refractivity contribution in [1.82, 2.24) is 15.5 Å². The third-order valence-corrected chi connectivity index (χ3v) is 4.77. The zero-order valence-electron chi connectivity index (χ0n) is 15.0. The fourth-order valence-electron chi connectivity index (χ4n) is 1.81. The summed E-state index contributed by atoms with van der Waals surface area (Å²) in [6, 6.07) is 6.78. The molecule has 26 heavy (non-hydrogen) atoms. The summed E-state index contributed by atoms with van der Waals surface area (Å²) in [6.07, 6.45) is 0. The van der Waals surface area contributed by atoms with Gasteiger partial charge >= 0.3 is 6.03 Å². The van der Waals surface area contributed by atoms with Crippen LogP contribution in [-0.2, 0) is 4.79 Å². The number of hydrogen-bond acceptors (Lipinski definition) is 7. The number of rotatable bonds is 6. The van der Waals surface area contributed by atoms with Crippen LogP contribution >= 0.6 is 23.1 Å². The van der Waals surface area contributed by atoms with E-state index in [1.165, 1.54) is 23.1 Å². The Kier molecular flexibility index (Phi) is 6.81. The molecular formula is C16H21N5O3S2. The van der Waals surface area contributed by atoms with Gasteiger partial charge in [-0.25, -0.2) is 4.79 Å². The van der Waals surface area contributed by atoms with E-state index in [0.29, 0.717) is 20.9 Å². The number of hydrogen-bond donors (Lipinski definition) is 3. The predicted molar refractivity (Wildman–Crippen MR) is 104 cm³/mol. The monoisotopic (exact) mass is 395 g/mol. The standard InChI is InChI=1S/C16H21N5O3S2/c1-16(2,3)19-13(23)18-14-20-21-15(26-14)25-9-12(22)17-10-6-5-7-11(8-10)24-4/h5-8H,9H2,1-4H3,(H,17,22)(H2,18,19,20,23). The summed E-state index contributed by atoms with van der Waals surface area (Å²) in [4.78, 5) is 23.8. The number of ether oxygens (including phenoxy) is 1.